The molecule has 0 aromatic carbocycles. The maximum Gasteiger partial charge on any atom is 0.127 e. The standard InChI is InChI=1S/C13H18ClN3S/c1-10(14)13-16-11-9-15-6-5-12(11)17(13)7-3-4-8-18-2/h5-6,9-10H,3-4,7-8H2,1-2H3. The summed E-state index contributed by atoms with van der Waals surface area (Å²) in [7, 11) is 0. The van der Waals surface area contributed by atoms with E-state index >= 15 is 0 Å². The quantitative estimate of drug-likeness (QED) is 0.595. The van der Waals surface area contributed by atoms with Crippen LogP contribution in [0.2, 0.25) is 0 Å². The lowest BCUT2D eigenvalue weighted by molar-refractivity contribution is 0.619. The molecular weight excluding hydrogens is 266 g/mol. The lowest BCUT2D eigenvalue weighted by Crippen LogP contribution is -2.05. The van der Waals surface area contributed by atoms with Crippen LogP contribution in [0.3, 0.4) is 0 Å². The van der Waals surface area contributed by atoms with Crippen LogP contribution >= 0.6 is 23.4 Å². The van der Waals surface area contributed by atoms with Gasteiger partial charge in [-0.15, -0.1) is 11.6 Å². The van der Waals surface area contributed by atoms with Crippen molar-refractivity contribution >= 4 is 34.4 Å². The second-order valence-electron chi connectivity index (χ2n) is 4.30. The van der Waals surface area contributed by atoms with E-state index in [-0.39, 0.29) is 5.38 Å². The third-order valence-electron chi connectivity index (χ3n) is 2.92. The molecule has 1 atom stereocenters. The molecule has 0 spiro atoms. The van der Waals surface area contributed by atoms with Crippen molar-refractivity contribution in [3.05, 3.63) is 24.3 Å². The SMILES string of the molecule is CSCCCCn1c(C(C)Cl)nc2cnccc21. The highest BCUT2D eigenvalue weighted by Crippen LogP contribution is 2.24. The van der Waals surface area contributed by atoms with Gasteiger partial charge in [-0.3, -0.25) is 4.98 Å². The lowest BCUT2D eigenvalue weighted by Gasteiger charge is -2.10. The maximum atomic E-state index is 6.21. The summed E-state index contributed by atoms with van der Waals surface area (Å²) in [6.45, 7) is 2.95. The first kappa shape index (κ1) is 13.7. The van der Waals surface area contributed by atoms with Gasteiger partial charge in [-0.05, 0) is 37.8 Å². The molecular formula is C13H18ClN3S. The van der Waals surface area contributed by atoms with Crippen molar-refractivity contribution < 1.29 is 0 Å². The van der Waals surface area contributed by atoms with Crippen LogP contribution in [0.25, 0.3) is 11.0 Å². The van der Waals surface area contributed by atoms with Crippen LogP contribution in [-0.4, -0.2) is 26.5 Å². The number of pyridine rings is 1. The first-order chi connectivity index (χ1) is 8.74. The Balaban J connectivity index is 2.24. The predicted octanol–water partition coefficient (Wildman–Crippen LogP) is 3.87. The number of aryl methyl sites for hydroxylation is 1. The molecule has 0 bridgehead atoms. The van der Waals surface area contributed by atoms with Crippen LogP contribution < -0.4 is 0 Å². The second-order valence-corrected chi connectivity index (χ2v) is 5.94. The van der Waals surface area contributed by atoms with E-state index in [9.17, 15) is 0 Å². The van der Waals surface area contributed by atoms with E-state index in [0.29, 0.717) is 0 Å². The normalized spacial score (nSPS) is 13.1. The average Bonchev–Trinajstić information content (AvgIpc) is 2.74. The Labute approximate surface area is 117 Å². The molecule has 2 rings (SSSR count). The van der Waals surface area contributed by atoms with Crippen LogP contribution in [0.1, 0.15) is 31.0 Å². The van der Waals surface area contributed by atoms with Gasteiger partial charge < -0.3 is 4.57 Å². The molecule has 0 aliphatic rings. The van der Waals surface area contributed by atoms with Crippen molar-refractivity contribution in [2.45, 2.75) is 31.7 Å². The molecule has 2 aromatic heterocycles. The Morgan fingerprint density at radius 2 is 2.28 bits per heavy atom. The van der Waals surface area contributed by atoms with E-state index in [0.717, 1.165) is 29.8 Å². The van der Waals surface area contributed by atoms with Gasteiger partial charge >= 0.3 is 0 Å². The Morgan fingerprint density at radius 3 is 3.00 bits per heavy atom. The lowest BCUT2D eigenvalue weighted by atomic mass is 10.3. The van der Waals surface area contributed by atoms with Crippen LogP contribution in [0.5, 0.6) is 0 Å². The van der Waals surface area contributed by atoms with Crippen LogP contribution in [0.15, 0.2) is 18.5 Å². The van der Waals surface area contributed by atoms with Gasteiger partial charge in [0.05, 0.1) is 17.1 Å². The van der Waals surface area contributed by atoms with Crippen molar-refractivity contribution in [3.8, 4) is 0 Å². The number of thioether (sulfide) groups is 1. The number of rotatable bonds is 6. The molecule has 18 heavy (non-hydrogen) atoms. The van der Waals surface area contributed by atoms with E-state index in [1.54, 1.807) is 6.20 Å². The smallest absolute Gasteiger partial charge is 0.127 e. The molecule has 0 saturated heterocycles. The summed E-state index contributed by atoms with van der Waals surface area (Å²) in [5, 5.41) is -0.0713. The highest BCUT2D eigenvalue weighted by molar-refractivity contribution is 7.98. The minimum atomic E-state index is -0.0713. The van der Waals surface area contributed by atoms with Crippen LogP contribution in [-0.2, 0) is 6.54 Å². The number of alkyl halides is 1. The first-order valence-electron chi connectivity index (χ1n) is 6.17. The van der Waals surface area contributed by atoms with E-state index in [4.69, 9.17) is 11.6 Å². The van der Waals surface area contributed by atoms with Crippen molar-refractivity contribution in [3.63, 3.8) is 0 Å². The summed E-state index contributed by atoms with van der Waals surface area (Å²) in [6.07, 6.45) is 8.14. The molecule has 0 fully saturated rings. The highest BCUT2D eigenvalue weighted by atomic mass is 35.5. The monoisotopic (exact) mass is 283 g/mol. The number of nitrogens with zero attached hydrogens (tertiary/aromatic N) is 3. The summed E-state index contributed by atoms with van der Waals surface area (Å²) in [5.74, 6) is 2.16. The zero-order valence-corrected chi connectivity index (χ0v) is 12.3. The van der Waals surface area contributed by atoms with Crippen LogP contribution in [0, 0.1) is 0 Å². The summed E-state index contributed by atoms with van der Waals surface area (Å²) in [4.78, 5) is 8.69. The number of fused-ring (bicyclic) bond motifs is 1. The molecule has 98 valence electrons. The topological polar surface area (TPSA) is 30.7 Å². The molecule has 0 radical (unpaired) electrons. The van der Waals surface area contributed by atoms with E-state index in [2.05, 4.69) is 20.8 Å². The van der Waals surface area contributed by atoms with Crippen molar-refractivity contribution in [2.75, 3.05) is 12.0 Å². The van der Waals surface area contributed by atoms with Crippen molar-refractivity contribution in [1.29, 1.82) is 0 Å². The number of imidazole rings is 1. The fourth-order valence-corrected chi connectivity index (χ4v) is 2.71. The minimum absolute atomic E-state index is 0.0713. The van der Waals surface area contributed by atoms with E-state index < -0.39 is 0 Å². The molecule has 5 heteroatoms. The highest BCUT2D eigenvalue weighted by Gasteiger charge is 2.14. The van der Waals surface area contributed by atoms with Gasteiger partial charge in [0.25, 0.3) is 0 Å². The number of halogens is 1. The largest absolute Gasteiger partial charge is 0.327 e. The maximum absolute atomic E-state index is 6.21. The number of aromatic nitrogens is 3. The Hall–Kier alpha value is -0.740. The number of hydrogen-bond donors (Lipinski definition) is 0. The minimum Gasteiger partial charge on any atom is -0.327 e. The van der Waals surface area contributed by atoms with E-state index in [1.807, 2.05) is 30.9 Å². The van der Waals surface area contributed by atoms with Gasteiger partial charge in [0.1, 0.15) is 11.3 Å². The summed E-state index contributed by atoms with van der Waals surface area (Å²) >= 11 is 8.10. The fourth-order valence-electron chi connectivity index (χ4n) is 2.06. The third-order valence-corrected chi connectivity index (χ3v) is 3.81. The fraction of sp³-hybridized carbons (Fsp3) is 0.538. The van der Waals surface area contributed by atoms with Gasteiger partial charge in [0.15, 0.2) is 0 Å². The molecule has 0 aliphatic carbocycles. The van der Waals surface area contributed by atoms with Crippen molar-refractivity contribution in [1.82, 2.24) is 14.5 Å². The molecule has 0 N–H and O–H groups in total. The van der Waals surface area contributed by atoms with Gasteiger partial charge in [0.2, 0.25) is 0 Å². The van der Waals surface area contributed by atoms with Gasteiger partial charge in [0, 0.05) is 12.7 Å². The molecule has 0 amide bonds. The number of hydrogen-bond acceptors (Lipinski definition) is 3. The van der Waals surface area contributed by atoms with Crippen molar-refractivity contribution in [2.24, 2.45) is 0 Å². The molecule has 3 nitrogen and oxygen atoms in total. The zero-order chi connectivity index (χ0) is 13.0. The average molecular weight is 284 g/mol. The molecule has 0 aliphatic heterocycles. The molecule has 1 unspecified atom stereocenters. The molecule has 2 aromatic rings. The summed E-state index contributed by atoms with van der Waals surface area (Å²) in [5.41, 5.74) is 2.07. The predicted molar refractivity (Wildman–Crippen MR) is 79.4 cm³/mol. The van der Waals surface area contributed by atoms with Crippen LogP contribution in [0.4, 0.5) is 0 Å². The Kier molecular flexibility index (Phi) is 4.89. The Bertz CT molecular complexity index is 510. The first-order valence-corrected chi connectivity index (χ1v) is 8.00. The Morgan fingerprint density at radius 1 is 1.44 bits per heavy atom. The molecule has 2 heterocycles. The van der Waals surface area contributed by atoms with Gasteiger partial charge in [-0.25, -0.2) is 4.98 Å². The van der Waals surface area contributed by atoms with Gasteiger partial charge in [-0.1, -0.05) is 0 Å². The second kappa shape index (κ2) is 6.43. The molecule has 0 saturated carbocycles. The zero-order valence-electron chi connectivity index (χ0n) is 10.8. The summed E-state index contributed by atoms with van der Waals surface area (Å²) in [6, 6.07) is 2.01. The summed E-state index contributed by atoms with van der Waals surface area (Å²) < 4.78 is 2.23. The third kappa shape index (κ3) is 2.98. The van der Waals surface area contributed by atoms with Gasteiger partial charge in [-0.2, -0.15) is 11.8 Å². The number of unbranched alkanes of at least 4 members (excludes halogenated alkanes) is 1. The van der Waals surface area contributed by atoms with E-state index in [1.165, 1.54) is 12.2 Å².